The average Bonchev–Trinajstić information content (AvgIpc) is 2.92. The molecule has 7 heteroatoms. The maximum Gasteiger partial charge on any atom is 0.241 e. The van der Waals surface area contributed by atoms with Crippen LogP contribution >= 0.6 is 11.6 Å². The van der Waals surface area contributed by atoms with Crippen molar-refractivity contribution >= 4 is 17.5 Å². The average molecular weight is 296 g/mol. The highest BCUT2D eigenvalue weighted by atomic mass is 35.5. The van der Waals surface area contributed by atoms with Gasteiger partial charge in [-0.05, 0) is 26.3 Å². The Morgan fingerprint density at radius 2 is 2.15 bits per heavy atom. The highest BCUT2D eigenvalue weighted by molar-refractivity contribution is 6.31. The van der Waals surface area contributed by atoms with Crippen molar-refractivity contribution in [3.05, 3.63) is 34.9 Å². The van der Waals surface area contributed by atoms with E-state index in [-0.39, 0.29) is 12.5 Å². The molecule has 0 aliphatic heterocycles. The predicted octanol–water partition coefficient (Wildman–Crippen LogP) is 1.56. The number of amides is 1. The zero-order valence-corrected chi connectivity index (χ0v) is 12.4. The van der Waals surface area contributed by atoms with E-state index in [0.717, 1.165) is 24.4 Å². The number of carbonyl (C=O) groups excluding carboxylic acids is 1. The number of carbonyl (C=O) groups is 1. The zero-order valence-electron chi connectivity index (χ0n) is 11.6. The monoisotopic (exact) mass is 295 g/mol. The molecule has 0 saturated heterocycles. The van der Waals surface area contributed by atoms with Crippen LogP contribution in [0.1, 0.15) is 17.8 Å². The molecular formula is C13H18ClN5O. The summed E-state index contributed by atoms with van der Waals surface area (Å²) in [6.45, 7) is 5.35. The van der Waals surface area contributed by atoms with Crippen LogP contribution in [0.4, 0.5) is 0 Å². The number of aromatic nitrogens is 4. The topological polar surface area (TPSA) is 64.7 Å². The van der Waals surface area contributed by atoms with E-state index >= 15 is 0 Å². The fourth-order valence-electron chi connectivity index (χ4n) is 1.83. The summed E-state index contributed by atoms with van der Waals surface area (Å²) in [5.41, 5.74) is 1.73. The number of aryl methyl sites for hydroxylation is 3. The highest BCUT2D eigenvalue weighted by Gasteiger charge is 2.04. The molecule has 0 radical (unpaired) electrons. The molecule has 2 heterocycles. The number of nitrogens with zero attached hydrogens (tertiary/aromatic N) is 4. The standard InChI is InChI=1S/C13H18ClN5O/c1-10-4-7-19(16-10)9-13(20)15-5-3-6-18-8-12(14)11(2)17-18/h4,7-8H,3,5-6,9H2,1-2H3,(H,15,20). The van der Waals surface area contributed by atoms with Crippen LogP contribution in [0.5, 0.6) is 0 Å². The van der Waals surface area contributed by atoms with Gasteiger partial charge in [-0.2, -0.15) is 10.2 Å². The van der Waals surface area contributed by atoms with Crippen LogP contribution in [0.25, 0.3) is 0 Å². The molecule has 20 heavy (non-hydrogen) atoms. The first-order valence-corrected chi connectivity index (χ1v) is 6.88. The summed E-state index contributed by atoms with van der Waals surface area (Å²) < 4.78 is 3.42. The minimum atomic E-state index is -0.0391. The molecular weight excluding hydrogens is 278 g/mol. The predicted molar refractivity (Wildman–Crippen MR) is 76.6 cm³/mol. The summed E-state index contributed by atoms with van der Waals surface area (Å²) in [5, 5.41) is 11.9. The van der Waals surface area contributed by atoms with Crippen molar-refractivity contribution in [3.63, 3.8) is 0 Å². The molecule has 0 aliphatic carbocycles. The molecule has 0 atom stereocenters. The smallest absolute Gasteiger partial charge is 0.241 e. The van der Waals surface area contributed by atoms with E-state index < -0.39 is 0 Å². The van der Waals surface area contributed by atoms with E-state index in [1.807, 2.05) is 19.9 Å². The van der Waals surface area contributed by atoms with Gasteiger partial charge in [-0.3, -0.25) is 14.2 Å². The van der Waals surface area contributed by atoms with E-state index in [4.69, 9.17) is 11.6 Å². The normalized spacial score (nSPS) is 10.8. The maximum absolute atomic E-state index is 11.7. The fourth-order valence-corrected chi connectivity index (χ4v) is 1.98. The first-order chi connectivity index (χ1) is 9.54. The Bertz CT molecular complexity index is 570. The third-order valence-corrected chi connectivity index (χ3v) is 3.22. The number of hydrogen-bond donors (Lipinski definition) is 1. The van der Waals surface area contributed by atoms with E-state index in [0.29, 0.717) is 11.6 Å². The summed E-state index contributed by atoms with van der Waals surface area (Å²) in [6, 6.07) is 1.87. The Morgan fingerprint density at radius 3 is 2.75 bits per heavy atom. The largest absolute Gasteiger partial charge is 0.354 e. The van der Waals surface area contributed by atoms with Crippen LogP contribution in [0.15, 0.2) is 18.5 Å². The third-order valence-electron chi connectivity index (χ3n) is 2.85. The quantitative estimate of drug-likeness (QED) is 0.823. The van der Waals surface area contributed by atoms with Gasteiger partial charge >= 0.3 is 0 Å². The van der Waals surface area contributed by atoms with Gasteiger partial charge in [0, 0.05) is 25.5 Å². The molecule has 2 rings (SSSR count). The molecule has 0 bridgehead atoms. The van der Waals surface area contributed by atoms with Gasteiger partial charge < -0.3 is 5.32 Å². The third kappa shape index (κ3) is 4.09. The maximum atomic E-state index is 11.7. The van der Waals surface area contributed by atoms with Crippen molar-refractivity contribution in [3.8, 4) is 0 Å². The zero-order chi connectivity index (χ0) is 14.5. The van der Waals surface area contributed by atoms with E-state index in [9.17, 15) is 4.79 Å². The number of hydrogen-bond acceptors (Lipinski definition) is 3. The Labute approximate surface area is 122 Å². The van der Waals surface area contributed by atoms with Crippen molar-refractivity contribution in [2.45, 2.75) is 33.4 Å². The molecule has 0 aliphatic rings. The van der Waals surface area contributed by atoms with E-state index in [1.54, 1.807) is 21.8 Å². The van der Waals surface area contributed by atoms with Crippen molar-refractivity contribution < 1.29 is 4.79 Å². The lowest BCUT2D eigenvalue weighted by atomic mass is 10.4. The molecule has 108 valence electrons. The summed E-state index contributed by atoms with van der Waals surface area (Å²) in [4.78, 5) is 11.7. The van der Waals surface area contributed by atoms with Crippen LogP contribution in [0, 0.1) is 13.8 Å². The van der Waals surface area contributed by atoms with Crippen LogP contribution in [0.3, 0.4) is 0 Å². The molecule has 1 N–H and O–H groups in total. The van der Waals surface area contributed by atoms with Crippen LogP contribution in [0.2, 0.25) is 5.02 Å². The van der Waals surface area contributed by atoms with Gasteiger partial charge in [-0.1, -0.05) is 11.6 Å². The Kier molecular flexibility index (Phi) is 4.79. The minimum Gasteiger partial charge on any atom is -0.354 e. The van der Waals surface area contributed by atoms with E-state index in [2.05, 4.69) is 15.5 Å². The van der Waals surface area contributed by atoms with Gasteiger partial charge in [0.1, 0.15) is 6.54 Å². The molecule has 2 aromatic rings. The Hall–Kier alpha value is -1.82. The van der Waals surface area contributed by atoms with Crippen molar-refractivity contribution in [1.29, 1.82) is 0 Å². The van der Waals surface area contributed by atoms with Crippen molar-refractivity contribution in [1.82, 2.24) is 24.9 Å². The molecule has 1 amide bonds. The van der Waals surface area contributed by atoms with Crippen molar-refractivity contribution in [2.24, 2.45) is 0 Å². The molecule has 0 unspecified atom stereocenters. The van der Waals surface area contributed by atoms with Gasteiger partial charge in [-0.15, -0.1) is 0 Å². The first-order valence-electron chi connectivity index (χ1n) is 6.51. The lowest BCUT2D eigenvalue weighted by Crippen LogP contribution is -2.29. The number of nitrogens with one attached hydrogen (secondary N) is 1. The Balaban J connectivity index is 1.66. The van der Waals surface area contributed by atoms with Crippen LogP contribution in [-0.4, -0.2) is 32.0 Å². The number of halogens is 1. The molecule has 6 nitrogen and oxygen atoms in total. The second-order valence-electron chi connectivity index (χ2n) is 4.68. The van der Waals surface area contributed by atoms with Crippen LogP contribution < -0.4 is 5.32 Å². The molecule has 0 aromatic carbocycles. The van der Waals surface area contributed by atoms with Crippen LogP contribution in [-0.2, 0) is 17.9 Å². The highest BCUT2D eigenvalue weighted by Crippen LogP contribution is 2.11. The minimum absolute atomic E-state index is 0.0391. The van der Waals surface area contributed by atoms with Gasteiger partial charge in [-0.25, -0.2) is 0 Å². The first kappa shape index (κ1) is 14.6. The lowest BCUT2D eigenvalue weighted by molar-refractivity contribution is -0.121. The second-order valence-corrected chi connectivity index (χ2v) is 5.09. The number of rotatable bonds is 6. The van der Waals surface area contributed by atoms with Gasteiger partial charge in [0.05, 0.1) is 16.4 Å². The Morgan fingerprint density at radius 1 is 1.35 bits per heavy atom. The summed E-state index contributed by atoms with van der Waals surface area (Å²) in [6.07, 6.45) is 4.40. The van der Waals surface area contributed by atoms with E-state index in [1.165, 1.54) is 0 Å². The van der Waals surface area contributed by atoms with Gasteiger partial charge in [0.25, 0.3) is 0 Å². The SMILES string of the molecule is Cc1ccn(CC(=O)NCCCn2cc(Cl)c(C)n2)n1. The van der Waals surface area contributed by atoms with Crippen molar-refractivity contribution in [2.75, 3.05) is 6.54 Å². The molecule has 0 spiro atoms. The summed E-state index contributed by atoms with van der Waals surface area (Å²) in [7, 11) is 0. The molecule has 0 fully saturated rings. The van der Waals surface area contributed by atoms with Gasteiger partial charge in [0.2, 0.25) is 5.91 Å². The molecule has 0 saturated carbocycles. The summed E-state index contributed by atoms with van der Waals surface area (Å²) in [5.74, 6) is -0.0391. The van der Waals surface area contributed by atoms with Gasteiger partial charge in [0.15, 0.2) is 0 Å². The fraction of sp³-hybridized carbons (Fsp3) is 0.462. The second kappa shape index (κ2) is 6.56. The summed E-state index contributed by atoms with van der Waals surface area (Å²) >= 11 is 5.92. The lowest BCUT2D eigenvalue weighted by Gasteiger charge is -2.05. The molecule has 2 aromatic heterocycles.